The van der Waals surface area contributed by atoms with E-state index in [1.807, 2.05) is 41.3 Å². The summed E-state index contributed by atoms with van der Waals surface area (Å²) >= 11 is 0. The van der Waals surface area contributed by atoms with Gasteiger partial charge in [0.05, 0.1) is 49.1 Å². The van der Waals surface area contributed by atoms with Gasteiger partial charge in [0.15, 0.2) is 0 Å². The summed E-state index contributed by atoms with van der Waals surface area (Å²) in [4.78, 5) is 42.1. The average molecular weight is 570 g/mol. The van der Waals surface area contributed by atoms with Gasteiger partial charge in [-0.3, -0.25) is 19.6 Å². The van der Waals surface area contributed by atoms with Crippen LogP contribution in [0.15, 0.2) is 66.4 Å². The number of fused-ring (bicyclic) bond motifs is 1. The Bertz CT molecular complexity index is 1520. The van der Waals surface area contributed by atoms with Gasteiger partial charge in [0, 0.05) is 73.7 Å². The van der Waals surface area contributed by atoms with Gasteiger partial charge < -0.3 is 30.3 Å². The normalized spacial score (nSPS) is 16.4. The Balaban J connectivity index is 1.21. The minimum atomic E-state index is -0.127. The summed E-state index contributed by atoms with van der Waals surface area (Å²) < 4.78 is 10.7. The molecule has 0 aliphatic carbocycles. The number of carbonyl (C=O) groups excluding carboxylic acids is 2. The van der Waals surface area contributed by atoms with E-state index in [9.17, 15) is 9.59 Å². The molecule has 2 saturated heterocycles. The lowest BCUT2D eigenvalue weighted by Gasteiger charge is -2.41. The third-order valence-electron chi connectivity index (χ3n) is 7.58. The number of aliphatic imine (C=N–C) groups is 1. The number of anilines is 2. The Morgan fingerprint density at radius 1 is 1.02 bits per heavy atom. The highest BCUT2D eigenvalue weighted by atomic mass is 16.5. The molecule has 1 aromatic heterocycles. The van der Waals surface area contributed by atoms with Crippen molar-refractivity contribution < 1.29 is 19.1 Å². The van der Waals surface area contributed by atoms with Crippen LogP contribution in [0.5, 0.6) is 11.5 Å². The number of hydrogen-bond acceptors (Lipinski definition) is 9. The Morgan fingerprint density at radius 2 is 1.74 bits per heavy atom. The smallest absolute Gasteiger partial charge is 0.246 e. The number of aromatic nitrogens is 2. The lowest BCUT2D eigenvalue weighted by atomic mass is 9.96. The molecular formula is C31H35N7O4. The van der Waals surface area contributed by atoms with Crippen LogP contribution in [0.4, 0.5) is 11.4 Å². The minimum Gasteiger partial charge on any atom is -0.497 e. The first-order valence-electron chi connectivity index (χ1n) is 13.8. The number of allylic oxidation sites excluding steroid dienone is 1. The topological polar surface area (TPSA) is 135 Å². The first kappa shape index (κ1) is 28.6. The molecule has 42 heavy (non-hydrogen) atoms. The van der Waals surface area contributed by atoms with E-state index >= 15 is 0 Å². The number of hydrogen-bond donors (Lipinski definition) is 2. The van der Waals surface area contributed by atoms with E-state index < -0.39 is 0 Å². The highest BCUT2D eigenvalue weighted by Crippen LogP contribution is 2.29. The second-order valence-electron chi connectivity index (χ2n) is 10.3. The van der Waals surface area contributed by atoms with Crippen LogP contribution in [-0.4, -0.2) is 84.2 Å². The van der Waals surface area contributed by atoms with Crippen molar-refractivity contribution in [1.29, 1.82) is 0 Å². The van der Waals surface area contributed by atoms with Crippen molar-refractivity contribution in [2.24, 2.45) is 16.6 Å². The van der Waals surface area contributed by atoms with Gasteiger partial charge >= 0.3 is 0 Å². The standard InChI is InChI=1S/C31H35N7O4/c1-4-30(39)38-18-21(19-38)31(40)37-9-7-22(8-10-37)33-16-20(15-32)29-17-34-27-6-5-23(13-28(27)36-29)35-24-11-25(41-2)14-26(12-24)42-3/h4-6,11-17,21-22,35H,1,7-10,18-19,32H2,2-3H3. The Hall–Kier alpha value is -4.93. The van der Waals surface area contributed by atoms with Crippen molar-refractivity contribution in [3.63, 3.8) is 0 Å². The molecule has 0 bridgehead atoms. The van der Waals surface area contributed by atoms with E-state index in [1.165, 1.54) is 12.3 Å². The molecule has 218 valence electrons. The van der Waals surface area contributed by atoms with Crippen LogP contribution < -0.4 is 20.5 Å². The molecule has 11 nitrogen and oxygen atoms in total. The monoisotopic (exact) mass is 569 g/mol. The zero-order valence-corrected chi connectivity index (χ0v) is 23.8. The molecule has 2 aliphatic heterocycles. The number of nitrogens with two attached hydrogens (primary N) is 1. The number of benzene rings is 2. The summed E-state index contributed by atoms with van der Waals surface area (Å²) in [5.41, 5.74) is 10.4. The van der Waals surface area contributed by atoms with Gasteiger partial charge in [0.1, 0.15) is 11.5 Å². The first-order valence-corrected chi connectivity index (χ1v) is 13.8. The Labute approximate surface area is 244 Å². The number of ether oxygens (including phenoxy) is 2. The molecule has 2 fully saturated rings. The van der Waals surface area contributed by atoms with Gasteiger partial charge in [0.2, 0.25) is 11.8 Å². The van der Waals surface area contributed by atoms with E-state index in [0.29, 0.717) is 54.5 Å². The van der Waals surface area contributed by atoms with Crippen molar-refractivity contribution in [3.8, 4) is 11.5 Å². The van der Waals surface area contributed by atoms with Gasteiger partial charge in [-0.2, -0.15) is 0 Å². The Kier molecular flexibility index (Phi) is 8.66. The molecule has 0 spiro atoms. The van der Waals surface area contributed by atoms with E-state index in [1.54, 1.807) is 31.5 Å². The van der Waals surface area contributed by atoms with Crippen LogP contribution in [-0.2, 0) is 9.59 Å². The lowest BCUT2D eigenvalue weighted by molar-refractivity contribution is -0.146. The van der Waals surface area contributed by atoms with Crippen LogP contribution in [0.1, 0.15) is 18.5 Å². The summed E-state index contributed by atoms with van der Waals surface area (Å²) in [6.45, 7) is 5.70. The van der Waals surface area contributed by atoms with Crippen molar-refractivity contribution in [2.75, 3.05) is 45.7 Å². The van der Waals surface area contributed by atoms with Crippen LogP contribution >= 0.6 is 0 Å². The third kappa shape index (κ3) is 6.35. The molecule has 2 aliphatic rings. The molecule has 3 N–H and O–H groups in total. The molecule has 3 aromatic rings. The number of carbonyl (C=O) groups is 2. The molecule has 0 unspecified atom stereocenters. The van der Waals surface area contributed by atoms with Crippen LogP contribution in [0.25, 0.3) is 16.6 Å². The highest BCUT2D eigenvalue weighted by Gasteiger charge is 2.37. The molecule has 11 heteroatoms. The third-order valence-corrected chi connectivity index (χ3v) is 7.58. The van der Waals surface area contributed by atoms with Crippen molar-refractivity contribution in [3.05, 3.63) is 67.1 Å². The van der Waals surface area contributed by atoms with E-state index in [0.717, 1.165) is 29.7 Å². The summed E-state index contributed by atoms with van der Waals surface area (Å²) in [6.07, 6.45) is 7.72. The minimum absolute atomic E-state index is 0.0771. The summed E-state index contributed by atoms with van der Waals surface area (Å²) in [5, 5.41) is 3.37. The van der Waals surface area contributed by atoms with Gasteiger partial charge in [-0.05, 0) is 37.1 Å². The molecule has 5 rings (SSSR count). The maximum atomic E-state index is 12.8. The SMILES string of the molecule is C=CC(=O)N1CC(C(=O)N2CCC(N=CC(=CN)c3cnc4ccc(Nc5cc(OC)cc(OC)c5)cc4n3)CC2)C1. The van der Waals surface area contributed by atoms with E-state index in [4.69, 9.17) is 25.2 Å². The Morgan fingerprint density at radius 3 is 2.38 bits per heavy atom. The predicted molar refractivity (Wildman–Crippen MR) is 163 cm³/mol. The van der Waals surface area contributed by atoms with Gasteiger partial charge in [-0.15, -0.1) is 0 Å². The quantitative estimate of drug-likeness (QED) is 0.296. The average Bonchev–Trinajstić information content (AvgIpc) is 3.00. The second-order valence-corrected chi connectivity index (χ2v) is 10.3. The maximum absolute atomic E-state index is 12.8. The van der Waals surface area contributed by atoms with Crippen molar-refractivity contribution in [1.82, 2.24) is 19.8 Å². The zero-order chi connectivity index (χ0) is 29.6. The number of methoxy groups -OCH3 is 2. The molecule has 0 radical (unpaired) electrons. The van der Waals surface area contributed by atoms with Crippen LogP contribution in [0.3, 0.4) is 0 Å². The van der Waals surface area contributed by atoms with Crippen LogP contribution in [0.2, 0.25) is 0 Å². The van der Waals surface area contributed by atoms with Crippen LogP contribution in [0, 0.1) is 5.92 Å². The van der Waals surface area contributed by atoms with Gasteiger partial charge in [0.25, 0.3) is 0 Å². The summed E-state index contributed by atoms with van der Waals surface area (Å²) in [7, 11) is 3.22. The largest absolute Gasteiger partial charge is 0.497 e. The molecule has 2 aromatic carbocycles. The predicted octanol–water partition coefficient (Wildman–Crippen LogP) is 3.40. The fourth-order valence-corrected chi connectivity index (χ4v) is 5.09. The number of likely N-dealkylation sites (tertiary alicyclic amines) is 2. The lowest BCUT2D eigenvalue weighted by Crippen LogP contribution is -2.57. The number of piperidine rings is 1. The molecule has 2 amide bonds. The second kappa shape index (κ2) is 12.7. The van der Waals surface area contributed by atoms with E-state index in [2.05, 4.69) is 16.9 Å². The fraction of sp³-hybridized carbons (Fsp3) is 0.323. The number of nitrogens with zero attached hydrogens (tertiary/aromatic N) is 5. The summed E-state index contributed by atoms with van der Waals surface area (Å²) in [5.74, 6) is 1.22. The first-order chi connectivity index (χ1) is 20.4. The number of nitrogens with one attached hydrogen (secondary N) is 1. The van der Waals surface area contributed by atoms with Crippen molar-refractivity contribution in [2.45, 2.75) is 18.9 Å². The maximum Gasteiger partial charge on any atom is 0.246 e. The zero-order valence-electron chi connectivity index (χ0n) is 23.8. The molecular weight excluding hydrogens is 534 g/mol. The highest BCUT2D eigenvalue weighted by molar-refractivity contribution is 6.09. The molecule has 0 atom stereocenters. The number of amides is 2. The van der Waals surface area contributed by atoms with Gasteiger partial charge in [-0.25, -0.2) is 4.98 Å². The molecule has 0 saturated carbocycles. The van der Waals surface area contributed by atoms with Gasteiger partial charge in [-0.1, -0.05) is 6.58 Å². The number of rotatable bonds is 9. The summed E-state index contributed by atoms with van der Waals surface area (Å²) in [6, 6.07) is 11.4. The fourth-order valence-electron chi connectivity index (χ4n) is 5.09. The molecule has 3 heterocycles. The van der Waals surface area contributed by atoms with Crippen molar-refractivity contribution >= 4 is 46.0 Å². The van der Waals surface area contributed by atoms with E-state index in [-0.39, 0.29) is 23.8 Å².